The molecule has 0 spiro atoms. The van der Waals surface area contributed by atoms with Crippen molar-refractivity contribution in [1.82, 2.24) is 9.78 Å². The summed E-state index contributed by atoms with van der Waals surface area (Å²) in [5.74, 6) is -0.0909. The van der Waals surface area contributed by atoms with Crippen molar-refractivity contribution in [3.05, 3.63) is 60.2 Å². The Morgan fingerprint density at radius 2 is 2.05 bits per heavy atom. The van der Waals surface area contributed by atoms with Crippen molar-refractivity contribution in [2.75, 3.05) is 5.32 Å². The number of carbonyl (C=O) groups is 1. The molecule has 1 aromatic carbocycles. The summed E-state index contributed by atoms with van der Waals surface area (Å²) in [6.45, 7) is 0. The number of halogens is 1. The third-order valence-electron chi connectivity index (χ3n) is 2.99. The lowest BCUT2D eigenvalue weighted by Gasteiger charge is -2.02. The van der Waals surface area contributed by atoms with Crippen molar-refractivity contribution < 1.29 is 13.6 Å². The zero-order valence-electron chi connectivity index (χ0n) is 11.2. The van der Waals surface area contributed by atoms with Crippen LogP contribution in [-0.4, -0.2) is 15.7 Å². The van der Waals surface area contributed by atoms with E-state index in [1.807, 2.05) is 0 Å². The number of anilines is 1. The number of rotatable bonds is 3. The molecule has 3 rings (SSSR count). The molecule has 0 aliphatic carbocycles. The summed E-state index contributed by atoms with van der Waals surface area (Å²) >= 11 is 0. The second-order valence-electron chi connectivity index (χ2n) is 4.48. The van der Waals surface area contributed by atoms with Crippen LogP contribution in [0, 0.1) is 5.82 Å². The Bertz CT molecular complexity index is 761. The van der Waals surface area contributed by atoms with Gasteiger partial charge in [0.15, 0.2) is 11.5 Å². The van der Waals surface area contributed by atoms with Crippen molar-refractivity contribution in [2.45, 2.75) is 0 Å². The molecule has 0 unspecified atom stereocenters. The van der Waals surface area contributed by atoms with Gasteiger partial charge in [-0.15, -0.1) is 0 Å². The van der Waals surface area contributed by atoms with Gasteiger partial charge in [-0.25, -0.2) is 4.39 Å². The van der Waals surface area contributed by atoms with Crippen molar-refractivity contribution >= 4 is 11.6 Å². The maximum Gasteiger partial charge on any atom is 0.276 e. The highest BCUT2D eigenvalue weighted by molar-refractivity contribution is 6.03. The van der Waals surface area contributed by atoms with Gasteiger partial charge in [0.1, 0.15) is 11.5 Å². The average Bonchev–Trinajstić information content (AvgIpc) is 3.10. The quantitative estimate of drug-likeness (QED) is 0.804. The summed E-state index contributed by atoms with van der Waals surface area (Å²) in [7, 11) is 1.73. The van der Waals surface area contributed by atoms with Gasteiger partial charge in [0, 0.05) is 18.8 Å². The number of amides is 1. The Kier molecular flexibility index (Phi) is 3.27. The standard InChI is InChI=1S/C15H12FN3O2/c1-19-13(14-3-2-8-21-14)9-12(18-19)15(20)17-11-6-4-10(16)5-7-11/h2-9H,1H3,(H,17,20). The summed E-state index contributed by atoms with van der Waals surface area (Å²) in [4.78, 5) is 12.1. The van der Waals surface area contributed by atoms with Crippen LogP contribution in [0.25, 0.3) is 11.5 Å². The van der Waals surface area contributed by atoms with Crippen molar-refractivity contribution in [3.63, 3.8) is 0 Å². The molecular formula is C15H12FN3O2. The van der Waals surface area contributed by atoms with Gasteiger partial charge in [-0.3, -0.25) is 9.48 Å². The van der Waals surface area contributed by atoms with Crippen LogP contribution in [-0.2, 0) is 7.05 Å². The highest BCUT2D eigenvalue weighted by atomic mass is 19.1. The average molecular weight is 285 g/mol. The van der Waals surface area contributed by atoms with Crippen LogP contribution in [0.4, 0.5) is 10.1 Å². The van der Waals surface area contributed by atoms with E-state index in [9.17, 15) is 9.18 Å². The van der Waals surface area contributed by atoms with Gasteiger partial charge in [-0.05, 0) is 36.4 Å². The minimum atomic E-state index is -0.366. The van der Waals surface area contributed by atoms with Gasteiger partial charge < -0.3 is 9.73 Å². The van der Waals surface area contributed by atoms with Gasteiger partial charge >= 0.3 is 0 Å². The lowest BCUT2D eigenvalue weighted by atomic mass is 10.2. The SMILES string of the molecule is Cn1nc(C(=O)Nc2ccc(F)cc2)cc1-c1ccco1. The first-order chi connectivity index (χ1) is 10.1. The van der Waals surface area contributed by atoms with Crippen LogP contribution in [0.3, 0.4) is 0 Å². The summed E-state index contributed by atoms with van der Waals surface area (Å²) < 4.78 is 19.7. The van der Waals surface area contributed by atoms with E-state index in [0.717, 1.165) is 0 Å². The van der Waals surface area contributed by atoms with E-state index in [-0.39, 0.29) is 17.4 Å². The fraction of sp³-hybridized carbons (Fsp3) is 0.0667. The predicted octanol–water partition coefficient (Wildman–Crippen LogP) is 3.07. The molecule has 0 aliphatic rings. The third kappa shape index (κ3) is 2.69. The predicted molar refractivity (Wildman–Crippen MR) is 75.3 cm³/mol. The number of furan rings is 1. The molecule has 0 aliphatic heterocycles. The molecule has 1 amide bonds. The van der Waals surface area contributed by atoms with Gasteiger partial charge in [0.2, 0.25) is 0 Å². The van der Waals surface area contributed by atoms with Crippen molar-refractivity contribution in [1.29, 1.82) is 0 Å². The van der Waals surface area contributed by atoms with E-state index >= 15 is 0 Å². The molecule has 5 nitrogen and oxygen atoms in total. The minimum absolute atomic E-state index is 0.258. The van der Waals surface area contributed by atoms with Crippen LogP contribution >= 0.6 is 0 Å². The number of benzene rings is 1. The molecule has 21 heavy (non-hydrogen) atoms. The van der Waals surface area contributed by atoms with E-state index in [1.165, 1.54) is 24.3 Å². The van der Waals surface area contributed by atoms with Crippen molar-refractivity contribution in [2.24, 2.45) is 7.05 Å². The van der Waals surface area contributed by atoms with Crippen molar-refractivity contribution in [3.8, 4) is 11.5 Å². The minimum Gasteiger partial charge on any atom is -0.463 e. The molecule has 2 aromatic heterocycles. The molecule has 0 atom stereocenters. The number of carbonyl (C=O) groups excluding carboxylic acids is 1. The topological polar surface area (TPSA) is 60.1 Å². The third-order valence-corrected chi connectivity index (χ3v) is 2.99. The van der Waals surface area contributed by atoms with Gasteiger partial charge in [-0.1, -0.05) is 0 Å². The summed E-state index contributed by atoms with van der Waals surface area (Å²) in [6, 6.07) is 10.7. The second kappa shape index (κ2) is 5.24. The Morgan fingerprint density at radius 3 is 2.71 bits per heavy atom. The lowest BCUT2D eigenvalue weighted by Crippen LogP contribution is -2.12. The van der Waals surface area contributed by atoms with Crippen LogP contribution < -0.4 is 5.32 Å². The first-order valence-electron chi connectivity index (χ1n) is 6.28. The molecule has 0 bridgehead atoms. The molecule has 6 heteroatoms. The fourth-order valence-electron chi connectivity index (χ4n) is 1.96. The van der Waals surface area contributed by atoms with Gasteiger partial charge in [0.25, 0.3) is 5.91 Å². The maximum absolute atomic E-state index is 12.8. The molecule has 0 saturated heterocycles. The molecule has 0 fully saturated rings. The van der Waals surface area contributed by atoms with E-state index < -0.39 is 0 Å². The first-order valence-corrected chi connectivity index (χ1v) is 6.28. The zero-order chi connectivity index (χ0) is 14.8. The summed E-state index contributed by atoms with van der Waals surface area (Å²) in [5.41, 5.74) is 1.46. The Morgan fingerprint density at radius 1 is 1.29 bits per heavy atom. The number of aryl methyl sites for hydroxylation is 1. The molecule has 0 radical (unpaired) electrons. The van der Waals surface area contributed by atoms with Crippen LogP contribution in [0.15, 0.2) is 53.1 Å². The van der Waals surface area contributed by atoms with E-state index in [1.54, 1.807) is 36.2 Å². The highest BCUT2D eigenvalue weighted by Crippen LogP contribution is 2.20. The molecular weight excluding hydrogens is 273 g/mol. The number of hydrogen-bond donors (Lipinski definition) is 1. The molecule has 3 aromatic rings. The van der Waals surface area contributed by atoms with Gasteiger partial charge in [0.05, 0.1) is 6.26 Å². The Labute approximate surface area is 120 Å². The van der Waals surface area contributed by atoms with E-state index in [4.69, 9.17) is 4.42 Å². The number of nitrogens with one attached hydrogen (secondary N) is 1. The maximum atomic E-state index is 12.8. The van der Waals surface area contributed by atoms with Gasteiger partial charge in [-0.2, -0.15) is 5.10 Å². The smallest absolute Gasteiger partial charge is 0.276 e. The molecule has 0 saturated carbocycles. The number of hydrogen-bond acceptors (Lipinski definition) is 3. The largest absolute Gasteiger partial charge is 0.463 e. The first kappa shape index (κ1) is 13.1. The molecule has 1 N–H and O–H groups in total. The Hall–Kier alpha value is -2.89. The number of nitrogens with zero attached hydrogens (tertiary/aromatic N) is 2. The second-order valence-corrected chi connectivity index (χ2v) is 4.48. The molecule has 2 heterocycles. The Balaban J connectivity index is 1.82. The van der Waals surface area contributed by atoms with Crippen LogP contribution in [0.5, 0.6) is 0 Å². The summed E-state index contributed by atoms with van der Waals surface area (Å²) in [6.07, 6.45) is 1.56. The highest BCUT2D eigenvalue weighted by Gasteiger charge is 2.15. The van der Waals surface area contributed by atoms with E-state index in [2.05, 4.69) is 10.4 Å². The summed E-state index contributed by atoms with van der Waals surface area (Å²) in [5, 5.41) is 6.81. The number of aromatic nitrogens is 2. The fourth-order valence-corrected chi connectivity index (χ4v) is 1.96. The van der Waals surface area contributed by atoms with Crippen LogP contribution in [0.1, 0.15) is 10.5 Å². The van der Waals surface area contributed by atoms with Crippen LogP contribution in [0.2, 0.25) is 0 Å². The normalized spacial score (nSPS) is 10.6. The van der Waals surface area contributed by atoms with E-state index in [0.29, 0.717) is 17.1 Å². The lowest BCUT2D eigenvalue weighted by molar-refractivity contribution is 0.102. The molecule has 106 valence electrons. The zero-order valence-corrected chi connectivity index (χ0v) is 11.2. The monoisotopic (exact) mass is 285 g/mol.